The van der Waals surface area contributed by atoms with Crippen LogP contribution in [0.5, 0.6) is 0 Å². The highest BCUT2D eigenvalue weighted by Gasteiger charge is 2.26. The van der Waals surface area contributed by atoms with Crippen LogP contribution in [0.2, 0.25) is 0 Å². The normalized spacial score (nSPS) is 23.4. The molecule has 116 valence electrons. The van der Waals surface area contributed by atoms with Crippen molar-refractivity contribution in [3.05, 3.63) is 12.0 Å². The molecule has 0 aromatic carbocycles. The molecule has 1 fully saturated rings. The summed E-state index contributed by atoms with van der Waals surface area (Å²) in [7, 11) is -3.50. The van der Waals surface area contributed by atoms with Gasteiger partial charge in [-0.25, -0.2) is 18.1 Å². The molecule has 8 heteroatoms. The van der Waals surface area contributed by atoms with E-state index >= 15 is 0 Å². The second-order valence-electron chi connectivity index (χ2n) is 5.11. The first-order chi connectivity index (χ1) is 8.92. The molecule has 6 nitrogen and oxygen atoms in total. The lowest BCUT2D eigenvalue weighted by Crippen LogP contribution is -2.46. The van der Waals surface area contributed by atoms with Crippen molar-refractivity contribution in [1.29, 1.82) is 0 Å². The van der Waals surface area contributed by atoms with Crippen molar-refractivity contribution in [1.82, 2.24) is 19.6 Å². The third-order valence-electron chi connectivity index (χ3n) is 3.52. The Bertz CT molecular complexity index is 544. The van der Waals surface area contributed by atoms with Gasteiger partial charge in [-0.05, 0) is 40.2 Å². The van der Waals surface area contributed by atoms with E-state index in [0.717, 1.165) is 31.8 Å². The molecule has 1 aromatic rings. The number of imidazole rings is 1. The maximum atomic E-state index is 12.3. The van der Waals surface area contributed by atoms with Crippen molar-refractivity contribution in [3.63, 3.8) is 0 Å². The number of sulfonamides is 1. The lowest BCUT2D eigenvalue weighted by Gasteiger charge is -2.28. The quantitative estimate of drug-likeness (QED) is 0.869. The van der Waals surface area contributed by atoms with E-state index in [0.29, 0.717) is 6.04 Å². The maximum absolute atomic E-state index is 12.3. The van der Waals surface area contributed by atoms with Gasteiger partial charge >= 0.3 is 0 Å². The Morgan fingerprint density at radius 2 is 2.25 bits per heavy atom. The highest BCUT2D eigenvalue weighted by atomic mass is 35.5. The number of hydrogen-bond donors (Lipinski definition) is 2. The Labute approximate surface area is 126 Å². The van der Waals surface area contributed by atoms with Crippen LogP contribution in [0.1, 0.15) is 32.5 Å². The number of piperidine rings is 1. The minimum Gasteiger partial charge on any atom is -0.334 e. The van der Waals surface area contributed by atoms with E-state index in [1.807, 2.05) is 18.4 Å². The summed E-state index contributed by atoms with van der Waals surface area (Å²) in [6.45, 7) is 7.41. The van der Waals surface area contributed by atoms with E-state index in [2.05, 4.69) is 21.9 Å². The monoisotopic (exact) mass is 322 g/mol. The molecule has 0 amide bonds. The smallest absolute Gasteiger partial charge is 0.259 e. The van der Waals surface area contributed by atoms with Crippen LogP contribution in [0.15, 0.2) is 11.2 Å². The molecule has 20 heavy (non-hydrogen) atoms. The van der Waals surface area contributed by atoms with Gasteiger partial charge in [-0.15, -0.1) is 12.4 Å². The number of nitrogens with one attached hydrogen (secondary N) is 2. The molecular weight excluding hydrogens is 300 g/mol. The lowest BCUT2D eigenvalue weighted by atomic mass is 10.0. The van der Waals surface area contributed by atoms with E-state index < -0.39 is 10.0 Å². The molecule has 0 bridgehead atoms. The Morgan fingerprint density at radius 1 is 1.55 bits per heavy atom. The fourth-order valence-corrected chi connectivity index (χ4v) is 3.74. The Kier molecular flexibility index (Phi) is 6.00. The fraction of sp³-hybridized carbons (Fsp3) is 0.750. The van der Waals surface area contributed by atoms with Crippen LogP contribution in [0, 0.1) is 6.92 Å². The third-order valence-corrected chi connectivity index (χ3v) is 4.91. The summed E-state index contributed by atoms with van der Waals surface area (Å²) in [5.74, 6) is 0.724. The van der Waals surface area contributed by atoms with Crippen molar-refractivity contribution >= 4 is 22.4 Å². The number of hydrogen-bond acceptors (Lipinski definition) is 4. The first-order valence-corrected chi connectivity index (χ1v) is 8.20. The van der Waals surface area contributed by atoms with E-state index in [1.54, 1.807) is 6.20 Å². The van der Waals surface area contributed by atoms with Gasteiger partial charge in [0, 0.05) is 24.8 Å². The molecule has 0 radical (unpaired) electrons. The van der Waals surface area contributed by atoms with Crippen LogP contribution in [-0.2, 0) is 16.6 Å². The number of aromatic nitrogens is 2. The van der Waals surface area contributed by atoms with Gasteiger partial charge in [0.1, 0.15) is 5.82 Å². The van der Waals surface area contributed by atoms with Gasteiger partial charge in [-0.2, -0.15) is 0 Å². The molecule has 1 aliphatic heterocycles. The predicted molar refractivity (Wildman–Crippen MR) is 80.7 cm³/mol. The highest BCUT2D eigenvalue weighted by molar-refractivity contribution is 7.89. The Hall–Kier alpha value is -0.630. The van der Waals surface area contributed by atoms with Gasteiger partial charge in [0.25, 0.3) is 10.0 Å². The van der Waals surface area contributed by atoms with E-state index in [-0.39, 0.29) is 23.5 Å². The number of rotatable bonds is 4. The number of halogens is 1. The molecule has 0 saturated carbocycles. The standard InChI is InChI=1S/C12H22N4O2S.ClH/c1-4-16-8-12(14-10(16)3)19(17,18)15-11-5-6-13-9(2)7-11;/h8-9,11,13,15H,4-7H2,1-3H3;1H. The minimum atomic E-state index is -3.50. The molecule has 1 saturated heterocycles. The molecule has 1 aliphatic rings. The van der Waals surface area contributed by atoms with Crippen molar-refractivity contribution in [3.8, 4) is 0 Å². The van der Waals surface area contributed by atoms with Crippen LogP contribution in [0.4, 0.5) is 0 Å². The molecule has 1 aromatic heterocycles. The molecule has 2 rings (SSSR count). The summed E-state index contributed by atoms with van der Waals surface area (Å²) < 4.78 is 29.2. The van der Waals surface area contributed by atoms with Crippen molar-refractivity contribution in [2.75, 3.05) is 6.54 Å². The first-order valence-electron chi connectivity index (χ1n) is 6.72. The van der Waals surface area contributed by atoms with Crippen LogP contribution in [0.3, 0.4) is 0 Å². The van der Waals surface area contributed by atoms with Gasteiger partial charge in [-0.3, -0.25) is 0 Å². The molecule has 2 N–H and O–H groups in total. The second kappa shape index (κ2) is 6.89. The van der Waals surface area contributed by atoms with Crippen LogP contribution in [0.25, 0.3) is 0 Å². The Morgan fingerprint density at radius 3 is 2.80 bits per heavy atom. The average Bonchev–Trinajstić information content (AvgIpc) is 2.71. The second-order valence-corrected chi connectivity index (χ2v) is 6.77. The highest BCUT2D eigenvalue weighted by Crippen LogP contribution is 2.14. The summed E-state index contributed by atoms with van der Waals surface area (Å²) in [4.78, 5) is 4.13. The van der Waals surface area contributed by atoms with Gasteiger partial charge in [0.05, 0.1) is 0 Å². The van der Waals surface area contributed by atoms with Crippen LogP contribution >= 0.6 is 12.4 Å². The summed E-state index contributed by atoms with van der Waals surface area (Å²) in [6, 6.07) is 0.338. The topological polar surface area (TPSA) is 76.0 Å². The van der Waals surface area contributed by atoms with Crippen molar-refractivity contribution < 1.29 is 8.42 Å². The first kappa shape index (κ1) is 17.4. The van der Waals surface area contributed by atoms with Gasteiger partial charge in [-0.1, -0.05) is 0 Å². The predicted octanol–water partition coefficient (Wildman–Crippen LogP) is 1.05. The number of aryl methyl sites for hydroxylation is 2. The lowest BCUT2D eigenvalue weighted by molar-refractivity contribution is 0.361. The summed E-state index contributed by atoms with van der Waals surface area (Å²) in [5, 5.41) is 3.43. The van der Waals surface area contributed by atoms with Gasteiger partial charge in [0.2, 0.25) is 0 Å². The molecule has 2 heterocycles. The Balaban J connectivity index is 0.00000200. The zero-order valence-corrected chi connectivity index (χ0v) is 13.7. The third kappa shape index (κ3) is 3.94. The fourth-order valence-electron chi connectivity index (χ4n) is 2.45. The SMILES string of the molecule is CCn1cc(S(=O)(=O)NC2CCNC(C)C2)nc1C.Cl. The molecule has 0 aliphatic carbocycles. The van der Waals surface area contributed by atoms with Crippen LogP contribution in [-0.4, -0.2) is 36.6 Å². The average molecular weight is 323 g/mol. The van der Waals surface area contributed by atoms with E-state index in [1.165, 1.54) is 0 Å². The van der Waals surface area contributed by atoms with Crippen LogP contribution < -0.4 is 10.0 Å². The summed E-state index contributed by atoms with van der Waals surface area (Å²) in [5.41, 5.74) is 0. The number of nitrogens with zero attached hydrogens (tertiary/aromatic N) is 2. The maximum Gasteiger partial charge on any atom is 0.259 e. The summed E-state index contributed by atoms with van der Waals surface area (Å²) in [6.07, 6.45) is 3.23. The van der Waals surface area contributed by atoms with Gasteiger partial charge < -0.3 is 9.88 Å². The molecule has 0 spiro atoms. The molecular formula is C12H23ClN4O2S. The largest absolute Gasteiger partial charge is 0.334 e. The molecule has 2 unspecified atom stereocenters. The van der Waals surface area contributed by atoms with E-state index in [4.69, 9.17) is 0 Å². The van der Waals surface area contributed by atoms with Crippen molar-refractivity contribution in [2.24, 2.45) is 0 Å². The van der Waals surface area contributed by atoms with Crippen molar-refractivity contribution in [2.45, 2.75) is 57.3 Å². The zero-order chi connectivity index (χ0) is 14.0. The zero-order valence-electron chi connectivity index (χ0n) is 12.1. The van der Waals surface area contributed by atoms with E-state index in [9.17, 15) is 8.42 Å². The molecule has 2 atom stereocenters. The minimum absolute atomic E-state index is 0. The van der Waals surface area contributed by atoms with Gasteiger partial charge in [0.15, 0.2) is 5.03 Å². The summed E-state index contributed by atoms with van der Waals surface area (Å²) >= 11 is 0.